The topological polar surface area (TPSA) is 58.6 Å². The molecule has 0 spiro atoms. The number of nitrogens with zero attached hydrogens (tertiary/aromatic N) is 1. The average molecular weight is 330 g/mol. The van der Waals surface area contributed by atoms with E-state index < -0.39 is 10.0 Å². The molecule has 7 heteroatoms. The van der Waals surface area contributed by atoms with Crippen molar-refractivity contribution in [3.8, 4) is 0 Å². The van der Waals surface area contributed by atoms with Crippen LogP contribution in [-0.2, 0) is 21.3 Å². The number of fused-ring (bicyclic) bond motifs is 2. The Bertz CT molecular complexity index is 585. The van der Waals surface area contributed by atoms with Crippen molar-refractivity contribution in [2.24, 2.45) is 0 Å². The van der Waals surface area contributed by atoms with E-state index in [1.807, 2.05) is 5.38 Å². The van der Waals surface area contributed by atoms with Crippen molar-refractivity contribution in [2.75, 3.05) is 13.1 Å². The van der Waals surface area contributed by atoms with Crippen molar-refractivity contribution in [1.29, 1.82) is 0 Å². The van der Waals surface area contributed by atoms with Gasteiger partial charge >= 0.3 is 0 Å². The Balaban J connectivity index is 1.80. The minimum Gasteiger partial charge on any atom is -0.372 e. The molecule has 0 aromatic carbocycles. The monoisotopic (exact) mass is 330 g/mol. The number of hydrogen-bond donors (Lipinski definition) is 1. The molecule has 1 aromatic rings. The van der Waals surface area contributed by atoms with Crippen LogP contribution in [0.3, 0.4) is 0 Å². The molecule has 21 heavy (non-hydrogen) atoms. The summed E-state index contributed by atoms with van der Waals surface area (Å²) in [5.74, 6) is 0. The molecule has 3 rings (SSSR count). The molecule has 2 atom stereocenters. The number of morpholine rings is 1. The number of thiophene rings is 1. The van der Waals surface area contributed by atoms with Gasteiger partial charge < -0.3 is 10.1 Å². The summed E-state index contributed by atoms with van der Waals surface area (Å²) in [6.45, 7) is 5.70. The Morgan fingerprint density at radius 2 is 2.05 bits per heavy atom. The zero-order valence-corrected chi connectivity index (χ0v) is 14.0. The highest BCUT2D eigenvalue weighted by atomic mass is 32.2. The molecule has 2 aliphatic rings. The molecule has 0 saturated carbocycles. The number of nitrogens with one attached hydrogen (secondary N) is 1. The second-order valence-electron chi connectivity index (χ2n) is 6.02. The quantitative estimate of drug-likeness (QED) is 0.894. The van der Waals surface area contributed by atoms with Crippen LogP contribution in [0, 0.1) is 0 Å². The minimum absolute atomic E-state index is 0.0781. The van der Waals surface area contributed by atoms with E-state index in [0.717, 1.165) is 17.7 Å². The molecule has 3 heterocycles. The number of hydrogen-bond acceptors (Lipinski definition) is 5. The van der Waals surface area contributed by atoms with E-state index in [1.165, 1.54) is 11.3 Å². The standard InChI is InChI=1S/C14H22N2O3S2/c1-10(2)15-7-13-14(5-6-20-13)21(17,18)16-8-11-3-4-12(9-16)19-11/h5-6,10-12,15H,3-4,7-9H2,1-2H3. The molecule has 0 radical (unpaired) electrons. The summed E-state index contributed by atoms with van der Waals surface area (Å²) < 4.78 is 33.1. The third-order valence-electron chi connectivity index (χ3n) is 4.00. The highest BCUT2D eigenvalue weighted by Crippen LogP contribution is 2.32. The van der Waals surface area contributed by atoms with Gasteiger partial charge in [0.15, 0.2) is 0 Å². The Kier molecular flexibility index (Phi) is 4.38. The van der Waals surface area contributed by atoms with E-state index in [4.69, 9.17) is 4.74 Å². The first-order chi connectivity index (χ1) is 9.96. The van der Waals surface area contributed by atoms with E-state index in [-0.39, 0.29) is 12.2 Å². The maximum atomic E-state index is 12.9. The van der Waals surface area contributed by atoms with Crippen molar-refractivity contribution in [1.82, 2.24) is 9.62 Å². The maximum Gasteiger partial charge on any atom is 0.244 e. The molecule has 1 N–H and O–H groups in total. The van der Waals surface area contributed by atoms with Gasteiger partial charge in [-0.3, -0.25) is 0 Å². The lowest BCUT2D eigenvalue weighted by Crippen LogP contribution is -2.45. The predicted molar refractivity (Wildman–Crippen MR) is 82.9 cm³/mol. The second kappa shape index (κ2) is 5.96. The SMILES string of the molecule is CC(C)NCc1sccc1S(=O)(=O)N1CC2CCC(C1)O2. The molecule has 0 aliphatic carbocycles. The van der Waals surface area contributed by atoms with Gasteiger partial charge in [-0.25, -0.2) is 8.42 Å². The average Bonchev–Trinajstić information content (AvgIpc) is 3.03. The van der Waals surface area contributed by atoms with Gasteiger partial charge in [0.2, 0.25) is 10.0 Å². The smallest absolute Gasteiger partial charge is 0.244 e. The minimum atomic E-state index is -3.40. The van der Waals surface area contributed by atoms with E-state index >= 15 is 0 Å². The summed E-state index contributed by atoms with van der Waals surface area (Å²) in [5.41, 5.74) is 0. The molecule has 2 aliphatic heterocycles. The van der Waals surface area contributed by atoms with Gasteiger partial charge in [-0.15, -0.1) is 11.3 Å². The summed E-state index contributed by atoms with van der Waals surface area (Å²) in [6.07, 6.45) is 2.10. The second-order valence-corrected chi connectivity index (χ2v) is 8.93. The maximum absolute atomic E-state index is 12.9. The molecule has 0 amide bonds. The van der Waals surface area contributed by atoms with Crippen molar-refractivity contribution >= 4 is 21.4 Å². The number of ether oxygens (including phenoxy) is 1. The lowest BCUT2D eigenvalue weighted by Gasteiger charge is -2.31. The normalized spacial score (nSPS) is 26.6. The van der Waals surface area contributed by atoms with Crippen LogP contribution in [0.15, 0.2) is 16.3 Å². The van der Waals surface area contributed by atoms with Crippen LogP contribution in [0.2, 0.25) is 0 Å². The first-order valence-corrected chi connectivity index (χ1v) is 9.74. The highest BCUT2D eigenvalue weighted by molar-refractivity contribution is 7.89. The zero-order chi connectivity index (χ0) is 15.0. The Labute approximate surface area is 130 Å². The van der Waals surface area contributed by atoms with Gasteiger partial charge in [0.1, 0.15) is 0 Å². The van der Waals surface area contributed by atoms with Gasteiger partial charge in [-0.1, -0.05) is 13.8 Å². The summed E-state index contributed by atoms with van der Waals surface area (Å²) in [4.78, 5) is 1.35. The fourth-order valence-electron chi connectivity index (χ4n) is 2.90. The molecule has 2 fully saturated rings. The fourth-order valence-corrected chi connectivity index (χ4v) is 5.77. The zero-order valence-electron chi connectivity index (χ0n) is 12.4. The lowest BCUT2D eigenvalue weighted by atomic mass is 10.2. The third kappa shape index (κ3) is 3.17. The number of rotatable bonds is 5. The van der Waals surface area contributed by atoms with Crippen LogP contribution in [0.1, 0.15) is 31.6 Å². The van der Waals surface area contributed by atoms with Gasteiger partial charge in [-0.2, -0.15) is 4.31 Å². The van der Waals surface area contributed by atoms with Crippen LogP contribution < -0.4 is 5.32 Å². The Morgan fingerprint density at radius 1 is 1.38 bits per heavy atom. The van der Waals surface area contributed by atoms with Crippen LogP contribution in [0.5, 0.6) is 0 Å². The summed E-state index contributed by atoms with van der Waals surface area (Å²) in [6, 6.07) is 2.07. The van der Waals surface area contributed by atoms with E-state index in [2.05, 4.69) is 19.2 Å². The van der Waals surface area contributed by atoms with Gasteiger partial charge in [-0.05, 0) is 24.3 Å². The third-order valence-corrected chi connectivity index (χ3v) is 6.97. The molecular formula is C14H22N2O3S2. The van der Waals surface area contributed by atoms with Crippen LogP contribution in [0.4, 0.5) is 0 Å². The fraction of sp³-hybridized carbons (Fsp3) is 0.714. The van der Waals surface area contributed by atoms with Crippen molar-refractivity contribution in [3.05, 3.63) is 16.3 Å². The molecule has 1 aromatic heterocycles. The van der Waals surface area contributed by atoms with Crippen molar-refractivity contribution in [3.63, 3.8) is 0 Å². The molecular weight excluding hydrogens is 308 g/mol. The van der Waals surface area contributed by atoms with Gasteiger partial charge in [0, 0.05) is 30.6 Å². The number of sulfonamides is 1. The summed E-state index contributed by atoms with van der Waals surface area (Å²) >= 11 is 1.50. The molecule has 2 saturated heterocycles. The first kappa shape index (κ1) is 15.4. The Morgan fingerprint density at radius 3 is 2.67 bits per heavy atom. The predicted octanol–water partition coefficient (Wildman–Crippen LogP) is 1.80. The van der Waals surface area contributed by atoms with Crippen molar-refractivity contribution < 1.29 is 13.2 Å². The van der Waals surface area contributed by atoms with Gasteiger partial charge in [0.05, 0.1) is 17.1 Å². The first-order valence-electron chi connectivity index (χ1n) is 7.42. The molecule has 2 bridgehead atoms. The van der Waals surface area contributed by atoms with E-state index in [1.54, 1.807) is 10.4 Å². The summed E-state index contributed by atoms with van der Waals surface area (Å²) in [5, 5.41) is 5.16. The van der Waals surface area contributed by atoms with Crippen LogP contribution in [0.25, 0.3) is 0 Å². The molecule has 118 valence electrons. The molecule has 5 nitrogen and oxygen atoms in total. The van der Waals surface area contributed by atoms with E-state index in [9.17, 15) is 8.42 Å². The molecule has 2 unspecified atom stereocenters. The Hall–Kier alpha value is -0.470. The van der Waals surface area contributed by atoms with Crippen LogP contribution in [-0.4, -0.2) is 44.1 Å². The summed E-state index contributed by atoms with van der Waals surface area (Å²) in [7, 11) is -3.40. The largest absolute Gasteiger partial charge is 0.372 e. The van der Waals surface area contributed by atoms with Gasteiger partial charge in [0.25, 0.3) is 0 Å². The van der Waals surface area contributed by atoms with Crippen molar-refractivity contribution in [2.45, 2.75) is 56.4 Å². The highest BCUT2D eigenvalue weighted by Gasteiger charge is 2.40. The lowest BCUT2D eigenvalue weighted by molar-refractivity contribution is -0.0114. The van der Waals surface area contributed by atoms with E-state index in [0.29, 0.717) is 30.6 Å². The van der Waals surface area contributed by atoms with Crippen LogP contribution >= 0.6 is 11.3 Å².